The molecule has 0 atom stereocenters. The highest BCUT2D eigenvalue weighted by atomic mass is 79.9. The number of rotatable bonds is 3. The summed E-state index contributed by atoms with van der Waals surface area (Å²) in [5.41, 5.74) is 0. The lowest BCUT2D eigenvalue weighted by Gasteiger charge is -2.06. The van der Waals surface area contributed by atoms with Gasteiger partial charge in [0, 0.05) is 0 Å². The Kier molecular flexibility index (Phi) is 3.54. The van der Waals surface area contributed by atoms with Gasteiger partial charge in [0.1, 0.15) is 5.75 Å². The van der Waals surface area contributed by atoms with Crippen molar-refractivity contribution >= 4 is 48.2 Å². The zero-order valence-corrected chi connectivity index (χ0v) is 13.3. The Bertz CT molecular complexity index is 869. The fourth-order valence-electron chi connectivity index (χ4n) is 1.82. The van der Waals surface area contributed by atoms with Gasteiger partial charge in [-0.1, -0.05) is 30.3 Å². The van der Waals surface area contributed by atoms with Crippen LogP contribution in [0.15, 0.2) is 62.6 Å². The van der Waals surface area contributed by atoms with Crippen molar-refractivity contribution in [2.24, 2.45) is 0 Å². The number of hydrogen-bond acceptors (Lipinski definition) is 4. The SMILES string of the molecule is O=S(=O)(Oc1ccc2ccccc2c1)c1ccc(Br)s1. The minimum Gasteiger partial charge on any atom is -0.378 e. The molecule has 102 valence electrons. The van der Waals surface area contributed by atoms with E-state index in [0.717, 1.165) is 25.9 Å². The summed E-state index contributed by atoms with van der Waals surface area (Å²) in [4.78, 5) is 0. The van der Waals surface area contributed by atoms with Crippen molar-refractivity contribution in [3.05, 3.63) is 58.4 Å². The minimum absolute atomic E-state index is 0.178. The van der Waals surface area contributed by atoms with Crippen LogP contribution >= 0.6 is 27.3 Å². The number of halogens is 1. The molecule has 0 aliphatic carbocycles. The third-order valence-electron chi connectivity index (χ3n) is 2.72. The van der Waals surface area contributed by atoms with Crippen molar-refractivity contribution in [3.63, 3.8) is 0 Å². The van der Waals surface area contributed by atoms with Gasteiger partial charge < -0.3 is 4.18 Å². The lowest BCUT2D eigenvalue weighted by atomic mass is 10.1. The van der Waals surface area contributed by atoms with Crippen LogP contribution in [0.2, 0.25) is 0 Å². The number of fused-ring (bicyclic) bond motifs is 1. The van der Waals surface area contributed by atoms with Gasteiger partial charge in [0.2, 0.25) is 0 Å². The fourth-order valence-corrected chi connectivity index (χ4v) is 4.71. The van der Waals surface area contributed by atoms with E-state index in [9.17, 15) is 8.42 Å². The summed E-state index contributed by atoms with van der Waals surface area (Å²) in [7, 11) is -3.77. The molecule has 20 heavy (non-hydrogen) atoms. The molecular weight excluding hydrogens is 360 g/mol. The number of benzene rings is 2. The van der Waals surface area contributed by atoms with Crippen LogP contribution in [0.5, 0.6) is 5.75 Å². The molecule has 3 aromatic rings. The maximum absolute atomic E-state index is 12.1. The highest BCUT2D eigenvalue weighted by Crippen LogP contribution is 2.29. The van der Waals surface area contributed by atoms with E-state index in [2.05, 4.69) is 15.9 Å². The molecule has 0 bridgehead atoms. The van der Waals surface area contributed by atoms with E-state index in [1.165, 1.54) is 6.07 Å². The molecule has 0 N–H and O–H groups in total. The molecule has 0 saturated carbocycles. The zero-order chi connectivity index (χ0) is 14.2. The summed E-state index contributed by atoms with van der Waals surface area (Å²) in [6.45, 7) is 0. The van der Waals surface area contributed by atoms with Crippen molar-refractivity contribution in [1.29, 1.82) is 0 Å². The van der Waals surface area contributed by atoms with Gasteiger partial charge in [0.25, 0.3) is 0 Å². The Labute approximate surface area is 129 Å². The summed E-state index contributed by atoms with van der Waals surface area (Å²) >= 11 is 4.36. The lowest BCUT2D eigenvalue weighted by molar-refractivity contribution is 0.488. The average Bonchev–Trinajstić information content (AvgIpc) is 2.86. The Morgan fingerprint density at radius 3 is 2.40 bits per heavy atom. The van der Waals surface area contributed by atoms with Crippen molar-refractivity contribution in [2.45, 2.75) is 4.21 Å². The highest BCUT2D eigenvalue weighted by Gasteiger charge is 2.19. The van der Waals surface area contributed by atoms with Crippen molar-refractivity contribution in [1.82, 2.24) is 0 Å². The molecule has 0 spiro atoms. The molecule has 3 rings (SSSR count). The van der Waals surface area contributed by atoms with E-state index < -0.39 is 10.1 Å². The lowest BCUT2D eigenvalue weighted by Crippen LogP contribution is -2.07. The third-order valence-corrected chi connectivity index (χ3v) is 6.04. The van der Waals surface area contributed by atoms with Crippen molar-refractivity contribution < 1.29 is 12.6 Å². The third kappa shape index (κ3) is 2.72. The quantitative estimate of drug-likeness (QED) is 0.642. The first-order chi connectivity index (χ1) is 9.54. The summed E-state index contributed by atoms with van der Waals surface area (Å²) in [5, 5.41) is 1.98. The number of hydrogen-bond donors (Lipinski definition) is 0. The summed E-state index contributed by atoms with van der Waals surface area (Å²) in [6.07, 6.45) is 0. The van der Waals surface area contributed by atoms with Crippen LogP contribution < -0.4 is 4.18 Å². The van der Waals surface area contributed by atoms with Crippen LogP contribution in [0.3, 0.4) is 0 Å². The largest absolute Gasteiger partial charge is 0.378 e. The Morgan fingerprint density at radius 1 is 0.950 bits per heavy atom. The van der Waals surface area contributed by atoms with Crippen molar-refractivity contribution in [2.75, 3.05) is 0 Å². The van der Waals surface area contributed by atoms with E-state index in [4.69, 9.17) is 4.18 Å². The van der Waals surface area contributed by atoms with Gasteiger partial charge in [0.15, 0.2) is 4.21 Å². The molecule has 0 amide bonds. The first-order valence-electron chi connectivity index (χ1n) is 5.73. The van der Waals surface area contributed by atoms with E-state index in [0.29, 0.717) is 5.75 Å². The predicted molar refractivity (Wildman–Crippen MR) is 83.8 cm³/mol. The van der Waals surface area contributed by atoms with Gasteiger partial charge >= 0.3 is 10.1 Å². The van der Waals surface area contributed by atoms with Gasteiger partial charge in [-0.15, -0.1) is 11.3 Å². The van der Waals surface area contributed by atoms with Gasteiger partial charge in [0.05, 0.1) is 3.79 Å². The number of thiophene rings is 1. The van der Waals surface area contributed by atoms with Crippen LogP contribution in [0.4, 0.5) is 0 Å². The Balaban J connectivity index is 1.96. The molecule has 0 aliphatic rings. The predicted octanol–water partition coefficient (Wildman–Crippen LogP) is 4.43. The molecule has 0 unspecified atom stereocenters. The second-order valence-electron chi connectivity index (χ2n) is 4.10. The molecule has 2 aromatic carbocycles. The molecule has 3 nitrogen and oxygen atoms in total. The smallest absolute Gasteiger partial charge is 0.348 e. The van der Waals surface area contributed by atoms with E-state index in [1.54, 1.807) is 18.2 Å². The van der Waals surface area contributed by atoms with Gasteiger partial charge in [-0.3, -0.25) is 0 Å². The van der Waals surface area contributed by atoms with E-state index >= 15 is 0 Å². The standard InChI is InChI=1S/C14H9BrO3S2/c15-13-7-8-14(19-13)20(16,17)18-12-6-5-10-3-1-2-4-11(10)9-12/h1-9H. The maximum atomic E-state index is 12.1. The Hall–Kier alpha value is -1.37. The van der Waals surface area contributed by atoms with Crippen LogP contribution in [0.1, 0.15) is 0 Å². The molecule has 0 aliphatic heterocycles. The summed E-state index contributed by atoms with van der Waals surface area (Å²) in [5.74, 6) is 0.313. The average molecular weight is 369 g/mol. The highest BCUT2D eigenvalue weighted by molar-refractivity contribution is 9.11. The molecule has 0 fully saturated rings. The van der Waals surface area contributed by atoms with E-state index in [1.807, 2.05) is 30.3 Å². The fraction of sp³-hybridized carbons (Fsp3) is 0. The molecular formula is C14H9BrO3S2. The van der Waals surface area contributed by atoms with E-state index in [-0.39, 0.29) is 4.21 Å². The van der Waals surface area contributed by atoms with Crippen LogP contribution in [-0.2, 0) is 10.1 Å². The van der Waals surface area contributed by atoms with Crippen LogP contribution in [0.25, 0.3) is 10.8 Å². The van der Waals surface area contributed by atoms with Crippen molar-refractivity contribution in [3.8, 4) is 5.75 Å². The molecule has 0 radical (unpaired) electrons. The first kappa shape index (κ1) is 13.6. The van der Waals surface area contributed by atoms with Gasteiger partial charge in [-0.25, -0.2) is 0 Å². The second kappa shape index (κ2) is 5.20. The van der Waals surface area contributed by atoms with Gasteiger partial charge in [-0.05, 0) is 51.0 Å². The first-order valence-corrected chi connectivity index (χ1v) is 8.75. The van der Waals surface area contributed by atoms with Gasteiger partial charge in [-0.2, -0.15) is 8.42 Å². The molecule has 1 heterocycles. The maximum Gasteiger partial charge on any atom is 0.348 e. The molecule has 0 saturated heterocycles. The molecule has 6 heteroatoms. The van der Waals surface area contributed by atoms with Crippen LogP contribution in [0, 0.1) is 0 Å². The van der Waals surface area contributed by atoms with Crippen LogP contribution in [-0.4, -0.2) is 8.42 Å². The topological polar surface area (TPSA) is 43.4 Å². The summed E-state index contributed by atoms with van der Waals surface area (Å²) < 4.78 is 30.3. The zero-order valence-electron chi connectivity index (χ0n) is 10.1. The monoisotopic (exact) mass is 368 g/mol. The second-order valence-corrected chi connectivity index (χ2v) is 8.34. The summed E-state index contributed by atoms with van der Waals surface area (Å²) in [6, 6.07) is 16.1. The normalized spacial score (nSPS) is 11.7. The Morgan fingerprint density at radius 2 is 1.70 bits per heavy atom. The molecule has 1 aromatic heterocycles. The minimum atomic E-state index is -3.77.